The zero-order chi connectivity index (χ0) is 9.54. The Labute approximate surface area is 84.3 Å². The molecule has 0 aliphatic carbocycles. The van der Waals surface area contributed by atoms with Gasteiger partial charge in [0, 0.05) is 18.0 Å². The van der Waals surface area contributed by atoms with Gasteiger partial charge in [-0.3, -0.25) is 4.98 Å². The predicted molar refractivity (Wildman–Crippen MR) is 54.1 cm³/mol. The average Bonchev–Trinajstić information content (AvgIpc) is 2.55. The Morgan fingerprint density at radius 1 is 1.14 bits per heavy atom. The SMILES string of the molecule is Cln1c2cccnc2c2ncncc21. The zero-order valence-corrected chi connectivity index (χ0v) is 7.81. The second-order valence-corrected chi connectivity index (χ2v) is 3.25. The molecule has 0 atom stereocenters. The molecule has 3 heterocycles. The van der Waals surface area contributed by atoms with Crippen LogP contribution >= 0.6 is 11.8 Å². The van der Waals surface area contributed by atoms with Crippen molar-refractivity contribution in [2.45, 2.75) is 0 Å². The van der Waals surface area contributed by atoms with E-state index in [9.17, 15) is 0 Å². The topological polar surface area (TPSA) is 43.6 Å². The fourth-order valence-electron chi connectivity index (χ4n) is 1.52. The number of nitrogens with zero attached hydrogens (tertiary/aromatic N) is 4. The molecule has 3 rings (SSSR count). The Hall–Kier alpha value is -1.68. The summed E-state index contributed by atoms with van der Waals surface area (Å²) in [5.74, 6) is 0. The standard InChI is InChI=1S/C9H5ClN4/c10-14-6-2-1-3-12-8(6)9-7(14)4-11-5-13-9/h1-5H. The minimum atomic E-state index is 0.780. The van der Waals surface area contributed by atoms with Crippen LogP contribution in [0.1, 0.15) is 0 Å². The van der Waals surface area contributed by atoms with Crippen molar-refractivity contribution in [1.82, 2.24) is 19.0 Å². The van der Waals surface area contributed by atoms with Gasteiger partial charge in [0.15, 0.2) is 0 Å². The minimum absolute atomic E-state index is 0.780. The summed E-state index contributed by atoms with van der Waals surface area (Å²) in [6.07, 6.45) is 4.89. The first-order chi connectivity index (χ1) is 6.88. The number of hydrogen-bond donors (Lipinski definition) is 0. The van der Waals surface area contributed by atoms with Crippen LogP contribution in [-0.4, -0.2) is 19.0 Å². The van der Waals surface area contributed by atoms with E-state index in [-0.39, 0.29) is 0 Å². The molecular weight excluding hydrogens is 200 g/mol. The van der Waals surface area contributed by atoms with Crippen molar-refractivity contribution in [3.8, 4) is 0 Å². The molecule has 68 valence electrons. The molecule has 0 aliphatic heterocycles. The van der Waals surface area contributed by atoms with Crippen molar-refractivity contribution in [2.24, 2.45) is 0 Å². The molecule has 5 heteroatoms. The average molecular weight is 205 g/mol. The van der Waals surface area contributed by atoms with Gasteiger partial charge in [-0.1, -0.05) is 0 Å². The lowest BCUT2D eigenvalue weighted by Gasteiger charge is -1.90. The molecule has 3 aromatic rings. The third-order valence-corrected chi connectivity index (χ3v) is 2.49. The van der Waals surface area contributed by atoms with E-state index in [4.69, 9.17) is 11.8 Å². The van der Waals surface area contributed by atoms with E-state index in [1.807, 2.05) is 12.1 Å². The maximum absolute atomic E-state index is 6.09. The lowest BCUT2D eigenvalue weighted by Crippen LogP contribution is -1.80. The molecule has 3 aromatic heterocycles. The second kappa shape index (κ2) is 2.65. The lowest BCUT2D eigenvalue weighted by molar-refractivity contribution is 1.21. The molecular formula is C9H5ClN4. The summed E-state index contributed by atoms with van der Waals surface area (Å²) >= 11 is 6.09. The van der Waals surface area contributed by atoms with Crippen molar-refractivity contribution in [2.75, 3.05) is 0 Å². The molecule has 0 saturated heterocycles. The largest absolute Gasteiger partial charge is 0.252 e. The lowest BCUT2D eigenvalue weighted by atomic mass is 10.3. The van der Waals surface area contributed by atoms with Crippen molar-refractivity contribution < 1.29 is 0 Å². The molecule has 0 unspecified atom stereocenters. The number of aromatic nitrogens is 4. The van der Waals surface area contributed by atoms with Gasteiger partial charge in [0.05, 0.1) is 11.7 Å². The fourth-order valence-corrected chi connectivity index (χ4v) is 1.78. The summed E-state index contributed by atoms with van der Waals surface area (Å²) in [6, 6.07) is 3.74. The van der Waals surface area contributed by atoms with Crippen LogP contribution in [-0.2, 0) is 0 Å². The Kier molecular flexibility index (Phi) is 1.46. The van der Waals surface area contributed by atoms with Gasteiger partial charge in [-0.2, -0.15) is 0 Å². The molecule has 0 amide bonds. The van der Waals surface area contributed by atoms with Gasteiger partial charge in [0.1, 0.15) is 22.9 Å². The highest BCUT2D eigenvalue weighted by atomic mass is 35.5. The van der Waals surface area contributed by atoms with Crippen LogP contribution in [0.15, 0.2) is 30.9 Å². The number of pyridine rings is 1. The van der Waals surface area contributed by atoms with Gasteiger partial charge in [0.2, 0.25) is 0 Å². The van der Waals surface area contributed by atoms with Crippen LogP contribution in [0.2, 0.25) is 0 Å². The Morgan fingerprint density at radius 3 is 2.93 bits per heavy atom. The van der Waals surface area contributed by atoms with E-state index < -0.39 is 0 Å². The Morgan fingerprint density at radius 2 is 2.00 bits per heavy atom. The monoisotopic (exact) mass is 204 g/mol. The van der Waals surface area contributed by atoms with E-state index >= 15 is 0 Å². The third kappa shape index (κ3) is 0.858. The molecule has 0 spiro atoms. The Balaban J connectivity index is 2.69. The summed E-state index contributed by atoms with van der Waals surface area (Å²) in [5.41, 5.74) is 3.22. The van der Waals surface area contributed by atoms with Gasteiger partial charge < -0.3 is 0 Å². The maximum Gasteiger partial charge on any atom is 0.119 e. The van der Waals surface area contributed by atoms with E-state index in [2.05, 4.69) is 15.0 Å². The second-order valence-electron chi connectivity index (χ2n) is 2.91. The summed E-state index contributed by atoms with van der Waals surface area (Å²) in [5, 5.41) is 0. The minimum Gasteiger partial charge on any atom is -0.252 e. The summed E-state index contributed by atoms with van der Waals surface area (Å²) in [4.78, 5) is 12.3. The number of halogens is 1. The molecule has 4 nitrogen and oxygen atoms in total. The molecule has 0 radical (unpaired) electrons. The predicted octanol–water partition coefficient (Wildman–Crippen LogP) is 1.98. The van der Waals surface area contributed by atoms with Gasteiger partial charge in [-0.05, 0) is 12.1 Å². The van der Waals surface area contributed by atoms with Crippen LogP contribution < -0.4 is 0 Å². The van der Waals surface area contributed by atoms with Crippen LogP contribution in [0.25, 0.3) is 22.1 Å². The summed E-state index contributed by atoms with van der Waals surface area (Å²) < 4.78 is 1.53. The van der Waals surface area contributed by atoms with E-state index in [1.165, 1.54) is 10.4 Å². The van der Waals surface area contributed by atoms with Crippen molar-refractivity contribution in [3.05, 3.63) is 30.9 Å². The number of hydrogen-bond acceptors (Lipinski definition) is 3. The van der Waals surface area contributed by atoms with E-state index in [0.717, 1.165) is 22.1 Å². The highest BCUT2D eigenvalue weighted by Crippen LogP contribution is 2.25. The molecule has 14 heavy (non-hydrogen) atoms. The molecule has 0 fully saturated rings. The van der Waals surface area contributed by atoms with E-state index in [1.54, 1.807) is 12.4 Å². The first kappa shape index (κ1) is 7.70. The molecule has 0 saturated carbocycles. The van der Waals surface area contributed by atoms with Crippen molar-refractivity contribution >= 4 is 33.8 Å². The Bertz CT molecular complexity index is 563. The summed E-state index contributed by atoms with van der Waals surface area (Å²) in [7, 11) is 0. The molecule has 0 aliphatic rings. The van der Waals surface area contributed by atoms with Gasteiger partial charge >= 0.3 is 0 Å². The van der Waals surface area contributed by atoms with Crippen LogP contribution in [0.5, 0.6) is 0 Å². The van der Waals surface area contributed by atoms with Gasteiger partial charge in [-0.25, -0.2) is 14.1 Å². The summed E-state index contributed by atoms with van der Waals surface area (Å²) in [6.45, 7) is 0. The smallest absolute Gasteiger partial charge is 0.119 e. The molecule has 0 N–H and O–H groups in total. The van der Waals surface area contributed by atoms with E-state index in [0.29, 0.717) is 0 Å². The van der Waals surface area contributed by atoms with Gasteiger partial charge in [0.25, 0.3) is 0 Å². The number of fused-ring (bicyclic) bond motifs is 3. The van der Waals surface area contributed by atoms with Crippen LogP contribution in [0.4, 0.5) is 0 Å². The van der Waals surface area contributed by atoms with Crippen LogP contribution in [0, 0.1) is 0 Å². The zero-order valence-electron chi connectivity index (χ0n) is 7.05. The van der Waals surface area contributed by atoms with Gasteiger partial charge in [-0.15, -0.1) is 0 Å². The maximum atomic E-state index is 6.09. The molecule has 0 aromatic carbocycles. The van der Waals surface area contributed by atoms with Crippen molar-refractivity contribution in [3.63, 3.8) is 0 Å². The number of rotatable bonds is 0. The first-order valence-electron chi connectivity index (χ1n) is 4.09. The normalized spacial score (nSPS) is 11.2. The first-order valence-corrected chi connectivity index (χ1v) is 4.43. The van der Waals surface area contributed by atoms with Crippen LogP contribution in [0.3, 0.4) is 0 Å². The quantitative estimate of drug-likeness (QED) is 0.563. The van der Waals surface area contributed by atoms with Crippen molar-refractivity contribution in [1.29, 1.82) is 0 Å². The highest BCUT2D eigenvalue weighted by molar-refractivity contribution is 6.25. The molecule has 0 bridgehead atoms. The highest BCUT2D eigenvalue weighted by Gasteiger charge is 2.10. The third-order valence-electron chi connectivity index (χ3n) is 2.13. The fraction of sp³-hybridized carbons (Fsp3) is 0.